The zero-order valence-corrected chi connectivity index (χ0v) is 45.7. The molecule has 0 amide bonds. The molecule has 6 aromatic carbocycles. The van der Waals surface area contributed by atoms with Crippen LogP contribution in [-0.2, 0) is 27.1 Å². The second-order valence-electron chi connectivity index (χ2n) is 12.9. The van der Waals surface area contributed by atoms with Crippen LogP contribution in [0.25, 0.3) is 0 Å². The summed E-state index contributed by atoms with van der Waals surface area (Å²) in [6, 6.07) is 26.0. The number of nitrogen functional groups attached to an aromatic ring is 3. The fourth-order valence-corrected chi connectivity index (χ4v) is 5.42. The summed E-state index contributed by atoms with van der Waals surface area (Å²) in [7, 11) is 3.93. The second-order valence-corrected chi connectivity index (χ2v) is 18.5. The van der Waals surface area contributed by atoms with Crippen LogP contribution >= 0.6 is 90.4 Å². The first-order valence-corrected chi connectivity index (χ1v) is 25.5. The van der Waals surface area contributed by atoms with E-state index in [0.29, 0.717) is 28.7 Å². The number of carbonyl (C=O) groups excluding carboxylic acids is 3. The van der Waals surface area contributed by atoms with Gasteiger partial charge in [-0.3, -0.25) is 0 Å². The van der Waals surface area contributed by atoms with Crippen molar-refractivity contribution in [3.8, 4) is 24.2 Å². The van der Waals surface area contributed by atoms with E-state index in [4.69, 9.17) is 23.6 Å². The van der Waals surface area contributed by atoms with Crippen molar-refractivity contribution in [2.24, 2.45) is 0 Å². The Bertz CT molecular complexity index is 2660. The van der Waals surface area contributed by atoms with Gasteiger partial charge in [0, 0.05) is 33.8 Å². The molecule has 0 atom stereocenters. The predicted molar refractivity (Wildman–Crippen MR) is 293 cm³/mol. The highest BCUT2D eigenvalue weighted by atomic mass is 127. The van der Waals surface area contributed by atoms with Gasteiger partial charge in [0.2, 0.25) is 0 Å². The first kappa shape index (κ1) is 61.8. The number of rotatable bonds is 6. The summed E-state index contributed by atoms with van der Waals surface area (Å²) in [5.41, 5.74) is 19.1. The SMILES string of the molecule is C#Cc1ccc(C(=O)OC)cc1.CI.COC(=O)c1ccc(C#Cc2c(F)cc(N)cc2F)cc1.COC(=O)c1ccc(CCc2c(F)cc(N)cc2F)cc1.ICI.Nc1cc(F)c(I)c(F)c1. The molecule has 0 unspecified atom stereocenters. The zero-order valence-electron chi connectivity index (χ0n) is 37.1. The number of methoxy groups -OCH3 is 3. The molecule has 69 heavy (non-hydrogen) atoms. The standard InChI is InChI=1S/C16H15F2NO2.C16H11F2NO2.C10H8O2.C6H4F2IN.CH2I2.CH3I/c2*1-21-16(20)11-5-2-10(3-6-11)4-7-13-14(17)8-12(19)9-15(13)18;1-3-8-4-6-9(7-5-8)10(11)12-2;7-4-1-3(10)2-5(8)6(4)9;2-1-3;1-2/h2-3,5-6,8-9H,4,7,19H2,1H3;2-3,5-6,8-9H,19H2,1H3;1,4-7H,2H3;1-2H,10H2;1H2;1H3. The molecule has 0 saturated carbocycles. The monoisotopic (exact) mass is 1400 g/mol. The number of hydrogen-bond acceptors (Lipinski definition) is 9. The van der Waals surface area contributed by atoms with Crippen molar-refractivity contribution >= 4 is 125 Å². The summed E-state index contributed by atoms with van der Waals surface area (Å²) < 4.78 is 94.3. The van der Waals surface area contributed by atoms with E-state index in [2.05, 4.69) is 99.7 Å². The number of hydrogen-bond donors (Lipinski definition) is 3. The maximum Gasteiger partial charge on any atom is 0.337 e. The van der Waals surface area contributed by atoms with Crippen LogP contribution in [0.2, 0.25) is 0 Å². The molecular formula is C50H43F6I4N3O6. The zero-order chi connectivity index (χ0) is 52.2. The van der Waals surface area contributed by atoms with Crippen LogP contribution in [0.1, 0.15) is 58.9 Å². The van der Waals surface area contributed by atoms with Crippen molar-refractivity contribution in [2.75, 3.05) is 45.9 Å². The van der Waals surface area contributed by atoms with Crippen LogP contribution in [0, 0.1) is 62.7 Å². The number of terminal acetylenes is 1. The smallest absolute Gasteiger partial charge is 0.337 e. The van der Waals surface area contributed by atoms with Gasteiger partial charge in [-0.2, -0.15) is 0 Å². The number of nitrogens with two attached hydrogens (primary N) is 3. The Morgan fingerprint density at radius 1 is 0.522 bits per heavy atom. The highest BCUT2D eigenvalue weighted by Gasteiger charge is 2.12. The van der Waals surface area contributed by atoms with Gasteiger partial charge in [0.1, 0.15) is 34.9 Å². The number of aryl methyl sites for hydroxylation is 1. The molecule has 19 heteroatoms. The summed E-state index contributed by atoms with van der Waals surface area (Å²) in [6.07, 6.45) is 5.82. The van der Waals surface area contributed by atoms with Crippen LogP contribution < -0.4 is 17.2 Å². The van der Waals surface area contributed by atoms with E-state index < -0.39 is 46.8 Å². The number of carbonyl (C=O) groups is 3. The van der Waals surface area contributed by atoms with Gasteiger partial charge in [-0.1, -0.05) is 97.7 Å². The normalized spacial score (nSPS) is 9.41. The topological polar surface area (TPSA) is 157 Å². The molecule has 9 nitrogen and oxygen atoms in total. The fraction of sp³-hybridized carbons (Fsp3) is 0.140. The summed E-state index contributed by atoms with van der Waals surface area (Å²) in [5, 5.41) is 0. The molecule has 364 valence electrons. The van der Waals surface area contributed by atoms with E-state index in [-0.39, 0.29) is 44.1 Å². The first-order valence-electron chi connectivity index (χ1n) is 19.2. The van der Waals surface area contributed by atoms with E-state index >= 15 is 0 Å². The lowest BCUT2D eigenvalue weighted by Gasteiger charge is -2.07. The van der Waals surface area contributed by atoms with Gasteiger partial charge >= 0.3 is 17.9 Å². The first-order chi connectivity index (χ1) is 32.8. The maximum atomic E-state index is 13.6. The van der Waals surface area contributed by atoms with Crippen molar-refractivity contribution in [3.05, 3.63) is 192 Å². The Hall–Kier alpha value is -5.25. The molecule has 0 fully saturated rings. The minimum absolute atomic E-state index is 0.00187. The Labute approximate surface area is 451 Å². The molecule has 6 N–H and O–H groups in total. The van der Waals surface area contributed by atoms with Gasteiger partial charge in [0.15, 0.2) is 0 Å². The molecule has 0 aliphatic rings. The fourth-order valence-electron chi connectivity index (χ4n) is 5.11. The maximum absolute atomic E-state index is 13.6. The summed E-state index contributed by atoms with van der Waals surface area (Å²) >= 11 is 8.28. The minimum atomic E-state index is -0.814. The predicted octanol–water partition coefficient (Wildman–Crippen LogP) is 12.3. The number of alkyl halides is 3. The van der Waals surface area contributed by atoms with Crippen LogP contribution in [0.5, 0.6) is 0 Å². The Kier molecular flexibility index (Phi) is 29.8. The quantitative estimate of drug-likeness (QED) is 0.0216. The van der Waals surface area contributed by atoms with E-state index in [1.165, 1.54) is 35.9 Å². The third-order valence-electron chi connectivity index (χ3n) is 8.38. The van der Waals surface area contributed by atoms with Crippen LogP contribution in [0.3, 0.4) is 0 Å². The molecule has 0 radical (unpaired) electrons. The molecule has 0 saturated heterocycles. The van der Waals surface area contributed by atoms with E-state index in [1.54, 1.807) is 83.3 Å². The molecule has 0 aromatic heterocycles. The van der Waals surface area contributed by atoms with Crippen LogP contribution in [-0.4, -0.2) is 46.6 Å². The summed E-state index contributed by atoms with van der Waals surface area (Å²) in [4.78, 5) is 35.5. The second kappa shape index (κ2) is 33.3. The van der Waals surface area contributed by atoms with E-state index in [0.717, 1.165) is 47.5 Å². The van der Waals surface area contributed by atoms with Crippen LogP contribution in [0.15, 0.2) is 109 Å². The average molecular weight is 1400 g/mol. The van der Waals surface area contributed by atoms with Gasteiger partial charge in [-0.25, -0.2) is 40.7 Å². The minimum Gasteiger partial charge on any atom is -0.465 e. The van der Waals surface area contributed by atoms with Gasteiger partial charge in [0.25, 0.3) is 0 Å². The molecule has 0 bridgehead atoms. The van der Waals surface area contributed by atoms with Gasteiger partial charge in [0.05, 0.1) is 49.6 Å². The number of anilines is 3. The Balaban J connectivity index is 0.000000463. The molecule has 6 aromatic rings. The third kappa shape index (κ3) is 21.9. The van der Waals surface area contributed by atoms with Gasteiger partial charge < -0.3 is 31.4 Å². The average Bonchev–Trinajstić information content (AvgIpc) is 3.33. The van der Waals surface area contributed by atoms with Crippen molar-refractivity contribution in [1.82, 2.24) is 0 Å². The molecule has 6 rings (SSSR count). The molecule has 0 aliphatic heterocycles. The molecule has 0 heterocycles. The summed E-state index contributed by atoms with van der Waals surface area (Å²) in [5.74, 6) is 2.13. The largest absolute Gasteiger partial charge is 0.465 e. The molecule has 0 spiro atoms. The van der Waals surface area contributed by atoms with Crippen LogP contribution in [0.4, 0.5) is 43.4 Å². The van der Waals surface area contributed by atoms with Crippen molar-refractivity contribution < 1.29 is 54.9 Å². The van der Waals surface area contributed by atoms with E-state index in [9.17, 15) is 40.7 Å². The lowest BCUT2D eigenvalue weighted by molar-refractivity contribution is 0.0592. The lowest BCUT2D eigenvalue weighted by Crippen LogP contribution is -2.03. The third-order valence-corrected chi connectivity index (χ3v) is 9.41. The van der Waals surface area contributed by atoms with Gasteiger partial charge in [-0.05, 0) is 143 Å². The number of benzene rings is 6. The van der Waals surface area contributed by atoms with Crippen molar-refractivity contribution in [3.63, 3.8) is 0 Å². The van der Waals surface area contributed by atoms with Gasteiger partial charge in [-0.15, -0.1) is 6.42 Å². The number of ether oxygens (including phenoxy) is 3. The highest BCUT2D eigenvalue weighted by molar-refractivity contribution is 14.2. The molecular weight excluding hydrogens is 1360 g/mol. The Morgan fingerprint density at radius 2 is 0.841 bits per heavy atom. The molecule has 0 aliphatic carbocycles. The Morgan fingerprint density at radius 3 is 1.19 bits per heavy atom. The summed E-state index contributed by atoms with van der Waals surface area (Å²) in [6.45, 7) is 0. The number of esters is 3. The van der Waals surface area contributed by atoms with Crippen molar-refractivity contribution in [1.29, 1.82) is 0 Å². The lowest BCUT2D eigenvalue weighted by atomic mass is 10.0. The number of halogens is 10. The van der Waals surface area contributed by atoms with E-state index in [1.807, 2.05) is 4.93 Å². The van der Waals surface area contributed by atoms with Crippen molar-refractivity contribution in [2.45, 2.75) is 12.8 Å². The highest BCUT2D eigenvalue weighted by Crippen LogP contribution is 2.21.